The van der Waals surface area contributed by atoms with Crippen molar-refractivity contribution in [3.63, 3.8) is 0 Å². The molecule has 1 aromatic rings. The molecule has 0 spiro atoms. The van der Waals surface area contributed by atoms with E-state index >= 15 is 0 Å². The number of hydrogen-bond donors (Lipinski definition) is 0. The summed E-state index contributed by atoms with van der Waals surface area (Å²) >= 11 is 5.98. The van der Waals surface area contributed by atoms with Gasteiger partial charge in [0.05, 0.1) is 0 Å². The molecule has 1 atom stereocenters. The predicted octanol–water partition coefficient (Wildman–Crippen LogP) is 2.61. The van der Waals surface area contributed by atoms with Crippen LogP contribution in [0.25, 0.3) is 0 Å². The van der Waals surface area contributed by atoms with Crippen molar-refractivity contribution in [3.05, 3.63) is 5.28 Å². The summed E-state index contributed by atoms with van der Waals surface area (Å²) in [6.07, 6.45) is 1.03. The molecule has 18 heavy (non-hydrogen) atoms. The van der Waals surface area contributed by atoms with Gasteiger partial charge in [0.15, 0.2) is 0 Å². The minimum atomic E-state index is 0.247. The predicted molar refractivity (Wildman–Crippen MR) is 76.6 cm³/mol. The second-order valence-electron chi connectivity index (χ2n) is 4.24. The van der Waals surface area contributed by atoms with Gasteiger partial charge in [-0.3, -0.25) is 0 Å². The molecule has 0 fully saturated rings. The first kappa shape index (κ1) is 15.0. The summed E-state index contributed by atoms with van der Waals surface area (Å²) in [5.74, 6) is 1.27. The minimum Gasteiger partial charge on any atom is -0.341 e. The van der Waals surface area contributed by atoms with Gasteiger partial charge in [0.1, 0.15) is 0 Å². The third-order valence-corrected chi connectivity index (χ3v) is 3.37. The van der Waals surface area contributed by atoms with E-state index in [9.17, 15) is 0 Å². The highest BCUT2D eigenvalue weighted by Crippen LogP contribution is 2.17. The highest BCUT2D eigenvalue weighted by molar-refractivity contribution is 6.28. The smallest absolute Gasteiger partial charge is 0.231 e. The van der Waals surface area contributed by atoms with Crippen LogP contribution in [-0.4, -0.2) is 41.1 Å². The average Bonchev–Trinajstić information content (AvgIpc) is 2.37. The molecule has 0 N–H and O–H groups in total. The Morgan fingerprint density at radius 1 is 1.06 bits per heavy atom. The van der Waals surface area contributed by atoms with Gasteiger partial charge >= 0.3 is 0 Å². The summed E-state index contributed by atoms with van der Waals surface area (Å²) in [7, 11) is 1.98. The maximum atomic E-state index is 5.98. The molecule has 0 aliphatic rings. The monoisotopic (exact) mass is 271 g/mol. The van der Waals surface area contributed by atoms with E-state index in [0.29, 0.717) is 17.9 Å². The number of halogens is 1. The molecule has 1 aromatic heterocycles. The first-order chi connectivity index (χ1) is 8.53. The van der Waals surface area contributed by atoms with Gasteiger partial charge in [-0.1, -0.05) is 6.92 Å². The zero-order valence-corrected chi connectivity index (χ0v) is 12.6. The van der Waals surface area contributed by atoms with Crippen LogP contribution in [0.4, 0.5) is 11.9 Å². The highest BCUT2D eigenvalue weighted by atomic mass is 35.5. The average molecular weight is 272 g/mol. The molecular formula is C12H22ClN5. The van der Waals surface area contributed by atoms with E-state index in [1.165, 1.54) is 0 Å². The molecule has 0 saturated carbocycles. The highest BCUT2D eigenvalue weighted by Gasteiger charge is 2.15. The van der Waals surface area contributed by atoms with Crippen molar-refractivity contribution in [1.29, 1.82) is 0 Å². The Hall–Kier alpha value is -1.10. The summed E-state index contributed by atoms with van der Waals surface area (Å²) in [5.41, 5.74) is 0. The van der Waals surface area contributed by atoms with Crippen molar-refractivity contribution in [1.82, 2.24) is 15.0 Å². The number of anilines is 2. The molecule has 6 heteroatoms. The minimum absolute atomic E-state index is 0.247. The fourth-order valence-electron chi connectivity index (χ4n) is 1.61. The molecule has 0 radical (unpaired) electrons. The second-order valence-corrected chi connectivity index (χ2v) is 4.58. The quantitative estimate of drug-likeness (QED) is 0.796. The van der Waals surface area contributed by atoms with Gasteiger partial charge in [0, 0.05) is 26.2 Å². The standard InChI is InChI=1S/C12H22ClN5/c1-6-9(4)17(5)11-14-10(13)15-12(16-11)18(7-2)8-3/h9H,6-8H2,1-5H3. The Morgan fingerprint density at radius 2 is 1.61 bits per heavy atom. The fraction of sp³-hybridized carbons (Fsp3) is 0.750. The molecule has 1 unspecified atom stereocenters. The number of nitrogens with zero attached hydrogens (tertiary/aromatic N) is 5. The Balaban J connectivity index is 3.07. The molecule has 102 valence electrons. The first-order valence-corrected chi connectivity index (χ1v) is 6.80. The van der Waals surface area contributed by atoms with E-state index in [2.05, 4.69) is 47.5 Å². The molecule has 0 aromatic carbocycles. The molecule has 5 nitrogen and oxygen atoms in total. The van der Waals surface area contributed by atoms with E-state index in [1.54, 1.807) is 0 Å². The lowest BCUT2D eigenvalue weighted by Crippen LogP contribution is -2.31. The summed E-state index contributed by atoms with van der Waals surface area (Å²) in [6, 6.07) is 0.369. The molecule has 1 heterocycles. The lowest BCUT2D eigenvalue weighted by molar-refractivity contribution is 0.645. The van der Waals surface area contributed by atoms with Gasteiger partial charge in [-0.05, 0) is 38.8 Å². The summed E-state index contributed by atoms with van der Waals surface area (Å²) in [6.45, 7) is 10.1. The molecular weight excluding hydrogens is 250 g/mol. The van der Waals surface area contributed by atoms with Gasteiger partial charge in [0.2, 0.25) is 17.2 Å². The van der Waals surface area contributed by atoms with Crippen LogP contribution in [0.2, 0.25) is 5.28 Å². The van der Waals surface area contributed by atoms with Gasteiger partial charge in [-0.25, -0.2) is 0 Å². The van der Waals surface area contributed by atoms with Crippen molar-refractivity contribution in [2.45, 2.75) is 40.2 Å². The van der Waals surface area contributed by atoms with E-state index in [0.717, 1.165) is 19.5 Å². The normalized spacial score (nSPS) is 12.3. The van der Waals surface area contributed by atoms with Crippen molar-refractivity contribution < 1.29 is 0 Å². The van der Waals surface area contributed by atoms with E-state index in [4.69, 9.17) is 11.6 Å². The first-order valence-electron chi connectivity index (χ1n) is 6.42. The van der Waals surface area contributed by atoms with Crippen LogP contribution < -0.4 is 9.80 Å². The van der Waals surface area contributed by atoms with Crippen molar-refractivity contribution in [2.24, 2.45) is 0 Å². The Morgan fingerprint density at radius 3 is 2.11 bits per heavy atom. The van der Waals surface area contributed by atoms with Gasteiger partial charge in [-0.2, -0.15) is 15.0 Å². The van der Waals surface area contributed by atoms with E-state index in [1.807, 2.05) is 11.9 Å². The van der Waals surface area contributed by atoms with Crippen LogP contribution in [-0.2, 0) is 0 Å². The van der Waals surface area contributed by atoms with Crippen LogP contribution in [0, 0.1) is 0 Å². The SMILES string of the molecule is CCC(C)N(C)c1nc(Cl)nc(N(CC)CC)n1. The van der Waals surface area contributed by atoms with Crippen LogP contribution >= 0.6 is 11.6 Å². The van der Waals surface area contributed by atoms with Gasteiger partial charge < -0.3 is 9.80 Å². The number of rotatable bonds is 6. The maximum absolute atomic E-state index is 5.98. The lowest BCUT2D eigenvalue weighted by Gasteiger charge is -2.25. The second kappa shape index (κ2) is 6.73. The van der Waals surface area contributed by atoms with Gasteiger partial charge in [0.25, 0.3) is 0 Å². The summed E-state index contributed by atoms with van der Waals surface area (Å²) < 4.78 is 0. The Kier molecular flexibility index (Phi) is 5.59. The zero-order chi connectivity index (χ0) is 13.7. The van der Waals surface area contributed by atoms with Crippen LogP contribution in [0.5, 0.6) is 0 Å². The topological polar surface area (TPSA) is 45.2 Å². The molecule has 0 aliphatic heterocycles. The Bertz CT molecular complexity index is 381. The fourth-order valence-corrected chi connectivity index (χ4v) is 1.76. The van der Waals surface area contributed by atoms with Crippen LogP contribution in [0.3, 0.4) is 0 Å². The molecule has 0 bridgehead atoms. The molecule has 1 rings (SSSR count). The lowest BCUT2D eigenvalue weighted by atomic mass is 10.2. The molecule has 0 amide bonds. The number of hydrogen-bond acceptors (Lipinski definition) is 5. The largest absolute Gasteiger partial charge is 0.341 e. The molecule has 0 saturated heterocycles. The third-order valence-electron chi connectivity index (χ3n) is 3.20. The number of aromatic nitrogens is 3. The maximum Gasteiger partial charge on any atom is 0.231 e. The summed E-state index contributed by atoms with van der Waals surface area (Å²) in [4.78, 5) is 17.0. The van der Waals surface area contributed by atoms with Gasteiger partial charge in [-0.15, -0.1) is 0 Å². The van der Waals surface area contributed by atoms with E-state index < -0.39 is 0 Å². The van der Waals surface area contributed by atoms with Crippen LogP contribution in [0.1, 0.15) is 34.1 Å². The summed E-state index contributed by atoms with van der Waals surface area (Å²) in [5, 5.41) is 0.247. The third kappa shape index (κ3) is 3.45. The Labute approximate surface area is 114 Å². The molecule has 0 aliphatic carbocycles. The van der Waals surface area contributed by atoms with Crippen LogP contribution in [0.15, 0.2) is 0 Å². The van der Waals surface area contributed by atoms with E-state index in [-0.39, 0.29) is 5.28 Å². The van der Waals surface area contributed by atoms with Crippen molar-refractivity contribution >= 4 is 23.5 Å². The van der Waals surface area contributed by atoms with Crippen molar-refractivity contribution in [2.75, 3.05) is 29.9 Å². The van der Waals surface area contributed by atoms with Crippen molar-refractivity contribution in [3.8, 4) is 0 Å². The zero-order valence-electron chi connectivity index (χ0n) is 11.8.